The average Bonchev–Trinajstić information content (AvgIpc) is 2.62. The molecule has 1 amide bonds. The standard InChI is InChI=1S/C19H28N2O2/c22-19(21-17-4-2-1-3-5-17)16-6-8-18(9-7-16)23-14-15-10-12-20-13-11-15/h6-9,15,17,20H,1-5,10-14H2,(H,21,22). The van der Waals surface area contributed by atoms with Gasteiger partial charge in [0.15, 0.2) is 0 Å². The van der Waals surface area contributed by atoms with E-state index in [0.717, 1.165) is 43.9 Å². The van der Waals surface area contributed by atoms with E-state index in [0.29, 0.717) is 12.0 Å². The van der Waals surface area contributed by atoms with Crippen molar-refractivity contribution in [1.82, 2.24) is 10.6 Å². The number of nitrogens with one attached hydrogen (secondary N) is 2. The van der Waals surface area contributed by atoms with Crippen molar-refractivity contribution >= 4 is 5.91 Å². The topological polar surface area (TPSA) is 50.4 Å². The molecule has 2 N–H and O–H groups in total. The van der Waals surface area contributed by atoms with Gasteiger partial charge in [-0.1, -0.05) is 19.3 Å². The predicted octanol–water partition coefficient (Wildman–Crippen LogP) is 3.13. The Labute approximate surface area is 139 Å². The number of carbonyl (C=O) groups is 1. The monoisotopic (exact) mass is 316 g/mol. The van der Waals surface area contributed by atoms with Crippen LogP contribution < -0.4 is 15.4 Å². The minimum absolute atomic E-state index is 0.0433. The normalized spacial score (nSPS) is 20.2. The lowest BCUT2D eigenvalue weighted by Crippen LogP contribution is -2.36. The maximum Gasteiger partial charge on any atom is 0.251 e. The van der Waals surface area contributed by atoms with Gasteiger partial charge in [-0.2, -0.15) is 0 Å². The Hall–Kier alpha value is -1.55. The second-order valence-electron chi connectivity index (χ2n) is 6.84. The zero-order valence-corrected chi connectivity index (χ0v) is 13.9. The fourth-order valence-corrected chi connectivity index (χ4v) is 3.48. The van der Waals surface area contributed by atoms with Gasteiger partial charge in [-0.15, -0.1) is 0 Å². The summed E-state index contributed by atoms with van der Waals surface area (Å²) in [5.74, 6) is 1.55. The highest BCUT2D eigenvalue weighted by Crippen LogP contribution is 2.19. The van der Waals surface area contributed by atoms with Crippen LogP contribution in [0.15, 0.2) is 24.3 Å². The van der Waals surface area contributed by atoms with E-state index in [1.807, 2.05) is 24.3 Å². The highest BCUT2D eigenvalue weighted by atomic mass is 16.5. The molecule has 0 atom stereocenters. The number of hydrogen-bond acceptors (Lipinski definition) is 3. The molecule has 2 fully saturated rings. The lowest BCUT2D eigenvalue weighted by atomic mass is 9.95. The van der Waals surface area contributed by atoms with Crippen LogP contribution in [0, 0.1) is 5.92 Å². The van der Waals surface area contributed by atoms with Crippen LogP contribution in [0.3, 0.4) is 0 Å². The van der Waals surface area contributed by atoms with Crippen molar-refractivity contribution in [3.05, 3.63) is 29.8 Å². The summed E-state index contributed by atoms with van der Waals surface area (Å²) in [6, 6.07) is 7.92. The summed E-state index contributed by atoms with van der Waals surface area (Å²) >= 11 is 0. The summed E-state index contributed by atoms with van der Waals surface area (Å²) in [6.45, 7) is 2.96. The molecule has 23 heavy (non-hydrogen) atoms. The quantitative estimate of drug-likeness (QED) is 0.877. The summed E-state index contributed by atoms with van der Waals surface area (Å²) in [5.41, 5.74) is 0.727. The van der Waals surface area contributed by atoms with Gasteiger partial charge < -0.3 is 15.4 Å². The van der Waals surface area contributed by atoms with Crippen LogP contribution in [0.2, 0.25) is 0 Å². The van der Waals surface area contributed by atoms with Crippen LogP contribution in [0.25, 0.3) is 0 Å². The van der Waals surface area contributed by atoms with E-state index < -0.39 is 0 Å². The molecule has 1 aliphatic heterocycles. The van der Waals surface area contributed by atoms with Gasteiger partial charge in [0.2, 0.25) is 0 Å². The molecule has 1 saturated carbocycles. The molecule has 1 aromatic rings. The van der Waals surface area contributed by atoms with Crippen molar-refractivity contribution in [2.45, 2.75) is 51.0 Å². The first-order chi connectivity index (χ1) is 11.3. The Bertz CT molecular complexity index is 489. The average molecular weight is 316 g/mol. The molecule has 1 aromatic carbocycles. The van der Waals surface area contributed by atoms with Crippen molar-refractivity contribution in [2.24, 2.45) is 5.92 Å². The zero-order valence-electron chi connectivity index (χ0n) is 13.9. The Morgan fingerprint density at radius 1 is 1.04 bits per heavy atom. The summed E-state index contributed by atoms with van der Waals surface area (Å²) in [4.78, 5) is 12.3. The smallest absolute Gasteiger partial charge is 0.251 e. The van der Waals surface area contributed by atoms with E-state index in [-0.39, 0.29) is 5.91 Å². The molecule has 0 unspecified atom stereocenters. The first-order valence-electron chi connectivity index (χ1n) is 9.06. The number of ether oxygens (including phenoxy) is 1. The van der Waals surface area contributed by atoms with Crippen molar-refractivity contribution in [2.75, 3.05) is 19.7 Å². The largest absolute Gasteiger partial charge is 0.493 e. The molecule has 0 radical (unpaired) electrons. The molecule has 1 aliphatic carbocycles. The lowest BCUT2D eigenvalue weighted by molar-refractivity contribution is 0.0927. The first kappa shape index (κ1) is 16.3. The number of piperidine rings is 1. The molecule has 4 heteroatoms. The predicted molar refractivity (Wildman–Crippen MR) is 91.9 cm³/mol. The number of rotatable bonds is 5. The summed E-state index contributed by atoms with van der Waals surface area (Å²) in [6.07, 6.45) is 8.36. The van der Waals surface area contributed by atoms with Gasteiger partial charge in [0, 0.05) is 11.6 Å². The van der Waals surface area contributed by atoms with E-state index in [1.165, 1.54) is 32.1 Å². The van der Waals surface area contributed by atoms with Crippen molar-refractivity contribution < 1.29 is 9.53 Å². The lowest BCUT2D eigenvalue weighted by Gasteiger charge is -2.23. The fraction of sp³-hybridized carbons (Fsp3) is 0.632. The molecule has 0 spiro atoms. The molecule has 4 nitrogen and oxygen atoms in total. The van der Waals surface area contributed by atoms with Crippen LogP contribution in [-0.2, 0) is 0 Å². The minimum atomic E-state index is 0.0433. The van der Waals surface area contributed by atoms with Gasteiger partial charge in [-0.25, -0.2) is 0 Å². The number of amides is 1. The van der Waals surface area contributed by atoms with Crippen LogP contribution in [0.4, 0.5) is 0 Å². The fourth-order valence-electron chi connectivity index (χ4n) is 3.48. The van der Waals surface area contributed by atoms with E-state index in [1.54, 1.807) is 0 Å². The van der Waals surface area contributed by atoms with Crippen molar-refractivity contribution in [3.63, 3.8) is 0 Å². The molecule has 3 rings (SSSR count). The van der Waals surface area contributed by atoms with Gasteiger partial charge >= 0.3 is 0 Å². The summed E-state index contributed by atoms with van der Waals surface area (Å²) < 4.78 is 5.87. The highest BCUT2D eigenvalue weighted by molar-refractivity contribution is 5.94. The number of benzene rings is 1. The molecular weight excluding hydrogens is 288 g/mol. The number of carbonyl (C=O) groups excluding carboxylic acids is 1. The van der Waals surface area contributed by atoms with E-state index in [9.17, 15) is 4.79 Å². The van der Waals surface area contributed by atoms with E-state index in [2.05, 4.69) is 10.6 Å². The van der Waals surface area contributed by atoms with Gasteiger partial charge in [0.25, 0.3) is 5.91 Å². The van der Waals surface area contributed by atoms with E-state index in [4.69, 9.17) is 4.74 Å². The maximum atomic E-state index is 12.3. The van der Waals surface area contributed by atoms with Gasteiger partial charge in [-0.05, 0) is 69.0 Å². The van der Waals surface area contributed by atoms with Gasteiger partial charge in [-0.3, -0.25) is 4.79 Å². The van der Waals surface area contributed by atoms with Gasteiger partial charge in [0.1, 0.15) is 5.75 Å². The van der Waals surface area contributed by atoms with Crippen LogP contribution >= 0.6 is 0 Å². The molecular formula is C19H28N2O2. The summed E-state index contributed by atoms with van der Waals surface area (Å²) in [7, 11) is 0. The molecule has 0 aromatic heterocycles. The van der Waals surface area contributed by atoms with E-state index >= 15 is 0 Å². The molecule has 2 aliphatic rings. The van der Waals surface area contributed by atoms with Gasteiger partial charge in [0.05, 0.1) is 6.61 Å². The van der Waals surface area contributed by atoms with Crippen LogP contribution in [0.1, 0.15) is 55.3 Å². The third-order valence-corrected chi connectivity index (χ3v) is 5.00. The third-order valence-electron chi connectivity index (χ3n) is 5.00. The maximum absolute atomic E-state index is 12.3. The third kappa shape index (κ3) is 4.96. The Kier molecular flexibility index (Phi) is 5.92. The minimum Gasteiger partial charge on any atom is -0.493 e. The van der Waals surface area contributed by atoms with Crippen LogP contribution in [-0.4, -0.2) is 31.6 Å². The van der Waals surface area contributed by atoms with Crippen molar-refractivity contribution in [1.29, 1.82) is 0 Å². The Balaban J connectivity index is 1.46. The molecule has 1 saturated heterocycles. The second kappa shape index (κ2) is 8.34. The number of hydrogen-bond donors (Lipinski definition) is 2. The second-order valence-corrected chi connectivity index (χ2v) is 6.84. The SMILES string of the molecule is O=C(NC1CCCCC1)c1ccc(OCC2CCNCC2)cc1. The first-order valence-corrected chi connectivity index (χ1v) is 9.06. The molecule has 126 valence electrons. The van der Waals surface area contributed by atoms with Crippen molar-refractivity contribution in [3.8, 4) is 5.75 Å². The Morgan fingerprint density at radius 2 is 1.74 bits per heavy atom. The summed E-state index contributed by atoms with van der Waals surface area (Å²) in [5, 5.41) is 6.52. The Morgan fingerprint density at radius 3 is 2.43 bits per heavy atom. The van der Waals surface area contributed by atoms with Crippen LogP contribution in [0.5, 0.6) is 5.75 Å². The highest BCUT2D eigenvalue weighted by Gasteiger charge is 2.17. The molecule has 0 bridgehead atoms. The zero-order chi connectivity index (χ0) is 15.9. The molecule has 1 heterocycles.